The number of nitrogens with zero attached hydrogens (tertiary/aromatic N) is 3. The third-order valence-corrected chi connectivity index (χ3v) is 5.30. The van der Waals surface area contributed by atoms with Crippen LogP contribution in [0.2, 0.25) is 0 Å². The molecular weight excluding hydrogens is 244 g/mol. The van der Waals surface area contributed by atoms with Gasteiger partial charge < -0.3 is 5.32 Å². The number of rotatable bonds is 5. The fourth-order valence-corrected chi connectivity index (χ4v) is 4.25. The van der Waals surface area contributed by atoms with Gasteiger partial charge in [-0.15, -0.1) is 0 Å². The maximum Gasteiger partial charge on any atom is 0.186 e. The van der Waals surface area contributed by atoms with E-state index in [-0.39, 0.29) is 0 Å². The van der Waals surface area contributed by atoms with Crippen molar-refractivity contribution in [1.29, 1.82) is 0 Å². The molecular formula is C13H24N4S. The summed E-state index contributed by atoms with van der Waals surface area (Å²) in [6.45, 7) is 2.29. The number of aryl methyl sites for hydroxylation is 1. The molecule has 0 bridgehead atoms. The third-order valence-electron chi connectivity index (χ3n) is 3.89. The van der Waals surface area contributed by atoms with Crippen LogP contribution >= 0.6 is 11.8 Å². The molecule has 5 heteroatoms. The van der Waals surface area contributed by atoms with Crippen molar-refractivity contribution in [2.24, 2.45) is 13.0 Å². The van der Waals surface area contributed by atoms with Crippen molar-refractivity contribution in [1.82, 2.24) is 20.1 Å². The van der Waals surface area contributed by atoms with Gasteiger partial charge >= 0.3 is 0 Å². The third kappa shape index (κ3) is 3.26. The molecule has 0 amide bonds. The van der Waals surface area contributed by atoms with Gasteiger partial charge in [0.25, 0.3) is 0 Å². The Hall–Kier alpha value is -0.550. The van der Waals surface area contributed by atoms with E-state index < -0.39 is 0 Å². The van der Waals surface area contributed by atoms with E-state index in [1.165, 1.54) is 32.1 Å². The molecule has 1 heterocycles. The molecule has 0 spiro atoms. The van der Waals surface area contributed by atoms with Gasteiger partial charge in [0.2, 0.25) is 0 Å². The summed E-state index contributed by atoms with van der Waals surface area (Å²) >= 11 is 1.89. The van der Waals surface area contributed by atoms with Gasteiger partial charge in [-0.1, -0.05) is 31.5 Å². The van der Waals surface area contributed by atoms with Crippen LogP contribution in [0, 0.1) is 5.92 Å². The molecule has 1 N–H and O–H groups in total. The maximum absolute atomic E-state index is 4.34. The molecule has 3 unspecified atom stereocenters. The number of hydrogen-bond donors (Lipinski definition) is 1. The highest BCUT2D eigenvalue weighted by Crippen LogP contribution is 2.37. The van der Waals surface area contributed by atoms with Crippen molar-refractivity contribution < 1.29 is 0 Å². The minimum absolute atomic E-state index is 0.611. The first-order chi connectivity index (χ1) is 8.74. The van der Waals surface area contributed by atoms with Gasteiger partial charge in [0.15, 0.2) is 5.16 Å². The summed E-state index contributed by atoms with van der Waals surface area (Å²) in [5, 5.41) is 9.29. The highest BCUT2D eigenvalue weighted by molar-refractivity contribution is 7.99. The Kier molecular flexibility index (Phi) is 5.06. The Bertz CT molecular complexity index is 366. The fraction of sp³-hybridized carbons (Fsp3) is 0.846. The minimum Gasteiger partial charge on any atom is -0.316 e. The van der Waals surface area contributed by atoms with Gasteiger partial charge in [0.05, 0.1) is 0 Å². The van der Waals surface area contributed by atoms with E-state index in [1.807, 2.05) is 23.5 Å². The summed E-state index contributed by atoms with van der Waals surface area (Å²) in [6, 6.07) is 0.611. The monoisotopic (exact) mass is 268 g/mol. The molecule has 0 radical (unpaired) electrons. The highest BCUT2D eigenvalue weighted by atomic mass is 32.2. The van der Waals surface area contributed by atoms with E-state index in [1.54, 1.807) is 6.33 Å². The lowest BCUT2D eigenvalue weighted by molar-refractivity contribution is 0.295. The second kappa shape index (κ2) is 6.57. The first-order valence-electron chi connectivity index (χ1n) is 6.92. The molecule has 18 heavy (non-hydrogen) atoms. The van der Waals surface area contributed by atoms with Crippen LogP contribution in [0.4, 0.5) is 0 Å². The standard InChI is InChI=1S/C13H24N4S/c1-4-5-10-6-7-11(14-2)12(8-10)18-13-15-9-16-17(13)3/h9-12,14H,4-8H2,1-3H3. The van der Waals surface area contributed by atoms with E-state index in [0.29, 0.717) is 11.3 Å². The molecule has 2 rings (SSSR count). The molecule has 4 nitrogen and oxygen atoms in total. The van der Waals surface area contributed by atoms with Gasteiger partial charge in [0.1, 0.15) is 6.33 Å². The minimum atomic E-state index is 0.611. The van der Waals surface area contributed by atoms with Gasteiger partial charge in [-0.05, 0) is 32.2 Å². The Labute approximate surface area is 114 Å². The van der Waals surface area contributed by atoms with Gasteiger partial charge in [-0.25, -0.2) is 9.67 Å². The van der Waals surface area contributed by atoms with Crippen LogP contribution in [0.5, 0.6) is 0 Å². The zero-order chi connectivity index (χ0) is 13.0. The second-order valence-corrected chi connectivity index (χ2v) is 6.39. The second-order valence-electron chi connectivity index (χ2n) is 5.19. The first kappa shape index (κ1) is 13.9. The Balaban J connectivity index is 2.00. The van der Waals surface area contributed by atoms with Crippen LogP contribution in [0.1, 0.15) is 39.0 Å². The molecule has 1 aromatic rings. The number of hydrogen-bond acceptors (Lipinski definition) is 4. The average Bonchev–Trinajstić information content (AvgIpc) is 2.76. The summed E-state index contributed by atoms with van der Waals surface area (Å²) in [7, 11) is 4.05. The van der Waals surface area contributed by atoms with Crippen molar-refractivity contribution in [2.75, 3.05) is 7.05 Å². The van der Waals surface area contributed by atoms with Crippen LogP contribution in [0.3, 0.4) is 0 Å². The fourth-order valence-electron chi connectivity index (χ4n) is 2.87. The van der Waals surface area contributed by atoms with Crippen molar-refractivity contribution in [3.8, 4) is 0 Å². The summed E-state index contributed by atoms with van der Waals surface area (Å²) in [6.07, 6.45) is 8.27. The summed E-state index contributed by atoms with van der Waals surface area (Å²) in [4.78, 5) is 4.34. The predicted octanol–water partition coefficient (Wildman–Crippen LogP) is 2.46. The Morgan fingerprint density at radius 1 is 1.50 bits per heavy atom. The lowest BCUT2D eigenvalue weighted by Gasteiger charge is -2.35. The SMILES string of the molecule is CCCC1CCC(NC)C(Sc2ncnn2C)C1. The number of nitrogens with one attached hydrogen (secondary N) is 1. The number of aromatic nitrogens is 3. The zero-order valence-corrected chi connectivity index (χ0v) is 12.4. The van der Waals surface area contributed by atoms with Crippen molar-refractivity contribution in [2.45, 2.75) is 55.5 Å². The maximum atomic E-state index is 4.34. The largest absolute Gasteiger partial charge is 0.316 e. The van der Waals surface area contributed by atoms with Gasteiger partial charge in [-0.2, -0.15) is 5.10 Å². The Morgan fingerprint density at radius 3 is 2.94 bits per heavy atom. The normalized spacial score (nSPS) is 28.5. The lowest BCUT2D eigenvalue weighted by Crippen LogP contribution is -2.40. The van der Waals surface area contributed by atoms with E-state index in [0.717, 1.165) is 11.1 Å². The topological polar surface area (TPSA) is 42.7 Å². The molecule has 0 aliphatic heterocycles. The summed E-state index contributed by atoms with van der Waals surface area (Å²) in [5.74, 6) is 0.894. The smallest absolute Gasteiger partial charge is 0.186 e. The molecule has 1 fully saturated rings. The molecule has 1 aromatic heterocycles. The van der Waals surface area contributed by atoms with Crippen molar-refractivity contribution in [3.63, 3.8) is 0 Å². The predicted molar refractivity (Wildman–Crippen MR) is 75.7 cm³/mol. The summed E-state index contributed by atoms with van der Waals surface area (Å²) < 4.78 is 1.88. The van der Waals surface area contributed by atoms with Gasteiger partial charge in [0, 0.05) is 18.3 Å². The molecule has 3 atom stereocenters. The van der Waals surface area contributed by atoms with Crippen molar-refractivity contribution in [3.05, 3.63) is 6.33 Å². The highest BCUT2D eigenvalue weighted by Gasteiger charge is 2.30. The van der Waals surface area contributed by atoms with Gasteiger partial charge in [-0.3, -0.25) is 0 Å². The zero-order valence-electron chi connectivity index (χ0n) is 11.6. The summed E-state index contributed by atoms with van der Waals surface area (Å²) in [5.41, 5.74) is 0. The van der Waals surface area contributed by atoms with Crippen molar-refractivity contribution >= 4 is 11.8 Å². The van der Waals surface area contributed by atoms with E-state index in [2.05, 4.69) is 29.4 Å². The average molecular weight is 268 g/mol. The van der Waals surface area contributed by atoms with E-state index in [4.69, 9.17) is 0 Å². The lowest BCUT2D eigenvalue weighted by atomic mass is 9.83. The van der Waals surface area contributed by atoms with E-state index >= 15 is 0 Å². The molecule has 0 saturated heterocycles. The number of thioether (sulfide) groups is 1. The quantitative estimate of drug-likeness (QED) is 0.891. The van der Waals surface area contributed by atoms with Crippen LogP contribution in [0.15, 0.2) is 11.5 Å². The first-order valence-corrected chi connectivity index (χ1v) is 7.80. The van der Waals surface area contributed by atoms with Crippen LogP contribution < -0.4 is 5.32 Å². The molecule has 1 saturated carbocycles. The molecule has 1 aliphatic carbocycles. The van der Waals surface area contributed by atoms with E-state index in [9.17, 15) is 0 Å². The Morgan fingerprint density at radius 2 is 2.33 bits per heavy atom. The van der Waals surface area contributed by atoms with Crippen LogP contribution in [-0.2, 0) is 7.05 Å². The molecule has 1 aliphatic rings. The van der Waals surface area contributed by atoms with Crippen LogP contribution in [-0.4, -0.2) is 33.1 Å². The molecule has 102 valence electrons. The molecule has 0 aromatic carbocycles. The van der Waals surface area contributed by atoms with Crippen LogP contribution in [0.25, 0.3) is 0 Å².